The average molecular weight is 556 g/mol. The van der Waals surface area contributed by atoms with E-state index in [-0.39, 0.29) is 37.1 Å². The highest BCUT2D eigenvalue weighted by Gasteiger charge is 2.50. The molecule has 0 spiro atoms. The van der Waals surface area contributed by atoms with Gasteiger partial charge in [0.15, 0.2) is 11.5 Å². The molecule has 5 aliphatic heterocycles. The molecule has 3 fully saturated rings. The van der Waals surface area contributed by atoms with Gasteiger partial charge in [0.05, 0.1) is 6.04 Å². The molecule has 0 aliphatic carbocycles. The Bertz CT molecular complexity index is 1560. The summed E-state index contributed by atoms with van der Waals surface area (Å²) in [7, 11) is 0. The molecule has 8 rings (SSSR count). The van der Waals surface area contributed by atoms with Crippen molar-refractivity contribution in [2.24, 2.45) is 0 Å². The first-order chi connectivity index (χ1) is 20.0. The predicted molar refractivity (Wildman–Crippen MR) is 149 cm³/mol. The molecule has 3 amide bonds. The van der Waals surface area contributed by atoms with Gasteiger partial charge in [0.25, 0.3) is 0 Å². The first-order valence-electron chi connectivity index (χ1n) is 14.7. The summed E-state index contributed by atoms with van der Waals surface area (Å²) in [4.78, 5) is 52.0. The molecule has 41 heavy (non-hydrogen) atoms. The molecule has 10 heteroatoms. The monoisotopic (exact) mass is 555 g/mol. The third kappa shape index (κ3) is 3.99. The van der Waals surface area contributed by atoms with E-state index in [4.69, 9.17) is 9.47 Å². The van der Waals surface area contributed by atoms with Gasteiger partial charge in [-0.1, -0.05) is 24.3 Å². The van der Waals surface area contributed by atoms with Gasteiger partial charge in [-0.2, -0.15) is 0 Å². The van der Waals surface area contributed by atoms with E-state index in [0.29, 0.717) is 37.4 Å². The van der Waals surface area contributed by atoms with Crippen LogP contribution < -0.4 is 9.47 Å². The van der Waals surface area contributed by atoms with Crippen LogP contribution in [0.25, 0.3) is 10.9 Å². The van der Waals surface area contributed by atoms with Crippen molar-refractivity contribution in [2.75, 3.05) is 46.1 Å². The summed E-state index contributed by atoms with van der Waals surface area (Å²) in [5, 5.41) is 1.09. The van der Waals surface area contributed by atoms with E-state index in [2.05, 4.69) is 16.0 Å². The Morgan fingerprint density at radius 3 is 2.73 bits per heavy atom. The summed E-state index contributed by atoms with van der Waals surface area (Å²) in [6.45, 7) is 4.20. The van der Waals surface area contributed by atoms with Gasteiger partial charge in [-0.15, -0.1) is 0 Å². The van der Waals surface area contributed by atoms with Gasteiger partial charge < -0.3 is 34.1 Å². The third-order valence-corrected chi connectivity index (χ3v) is 9.54. The lowest BCUT2D eigenvalue weighted by Gasteiger charge is -2.48. The molecule has 0 unspecified atom stereocenters. The largest absolute Gasteiger partial charge is 0.454 e. The number of ether oxygens (including phenoxy) is 2. The van der Waals surface area contributed by atoms with Crippen molar-refractivity contribution < 1.29 is 23.9 Å². The Hall–Kier alpha value is -4.05. The number of aromatic amines is 1. The second kappa shape index (κ2) is 9.51. The van der Waals surface area contributed by atoms with Gasteiger partial charge in [0.2, 0.25) is 24.5 Å². The average Bonchev–Trinajstić information content (AvgIpc) is 3.70. The van der Waals surface area contributed by atoms with Crippen molar-refractivity contribution in [3.05, 3.63) is 59.3 Å². The number of hydrogen-bond acceptors (Lipinski definition) is 6. The molecule has 3 atom stereocenters. The second-order valence-corrected chi connectivity index (χ2v) is 11.8. The van der Waals surface area contributed by atoms with Crippen molar-refractivity contribution >= 4 is 28.6 Å². The van der Waals surface area contributed by atoms with Gasteiger partial charge in [0, 0.05) is 68.2 Å². The number of likely N-dealkylation sites (tertiary alicyclic amines) is 2. The van der Waals surface area contributed by atoms with Gasteiger partial charge >= 0.3 is 0 Å². The fraction of sp³-hybridized carbons (Fsp3) is 0.452. The Balaban J connectivity index is 1.09. The number of nitrogens with one attached hydrogen (secondary N) is 1. The molecule has 1 aromatic heterocycles. The van der Waals surface area contributed by atoms with Crippen LogP contribution in [-0.2, 0) is 20.8 Å². The molecule has 2 aromatic carbocycles. The van der Waals surface area contributed by atoms with Crippen LogP contribution in [0.15, 0.2) is 42.5 Å². The highest BCUT2D eigenvalue weighted by atomic mass is 16.7. The maximum absolute atomic E-state index is 14.2. The predicted octanol–water partition coefficient (Wildman–Crippen LogP) is 2.28. The molecule has 6 heterocycles. The van der Waals surface area contributed by atoms with Crippen LogP contribution in [0.3, 0.4) is 0 Å². The molecule has 3 aromatic rings. The molecular formula is C31H33N5O5. The Morgan fingerprint density at radius 1 is 1.02 bits per heavy atom. The molecule has 212 valence electrons. The minimum Gasteiger partial charge on any atom is -0.454 e. The zero-order valence-electron chi connectivity index (χ0n) is 22.9. The van der Waals surface area contributed by atoms with Crippen molar-refractivity contribution in [2.45, 2.75) is 43.8 Å². The van der Waals surface area contributed by atoms with Crippen LogP contribution in [0.5, 0.6) is 11.5 Å². The van der Waals surface area contributed by atoms with E-state index in [1.807, 2.05) is 46.2 Å². The van der Waals surface area contributed by atoms with E-state index in [1.54, 1.807) is 4.90 Å². The van der Waals surface area contributed by atoms with Crippen molar-refractivity contribution in [3.63, 3.8) is 0 Å². The summed E-state index contributed by atoms with van der Waals surface area (Å²) >= 11 is 0. The number of para-hydroxylation sites is 1. The minimum atomic E-state index is -0.583. The number of rotatable bonds is 5. The number of carbonyl (C=O) groups is 3. The van der Waals surface area contributed by atoms with Gasteiger partial charge in [-0.3, -0.25) is 14.4 Å². The van der Waals surface area contributed by atoms with E-state index in [9.17, 15) is 14.4 Å². The Kier molecular flexibility index (Phi) is 5.73. The van der Waals surface area contributed by atoms with Crippen molar-refractivity contribution in [1.29, 1.82) is 0 Å². The number of nitrogens with zero attached hydrogens (tertiary/aromatic N) is 4. The van der Waals surface area contributed by atoms with Gasteiger partial charge in [-0.25, -0.2) is 0 Å². The second-order valence-electron chi connectivity index (χ2n) is 11.8. The number of hydrogen-bond donors (Lipinski definition) is 1. The fourth-order valence-corrected chi connectivity index (χ4v) is 7.27. The van der Waals surface area contributed by atoms with Crippen LogP contribution in [0.4, 0.5) is 0 Å². The smallest absolute Gasteiger partial charge is 0.246 e. The molecule has 0 saturated carbocycles. The molecule has 0 bridgehead atoms. The zero-order valence-corrected chi connectivity index (χ0v) is 22.9. The molecule has 0 radical (unpaired) electrons. The summed E-state index contributed by atoms with van der Waals surface area (Å²) in [5.74, 6) is 1.51. The zero-order chi connectivity index (χ0) is 27.7. The Labute approximate surface area is 237 Å². The van der Waals surface area contributed by atoms with Crippen LogP contribution in [0.1, 0.15) is 42.1 Å². The van der Waals surface area contributed by atoms with E-state index in [1.165, 1.54) is 0 Å². The number of carbonyl (C=O) groups excluding carboxylic acids is 3. The maximum atomic E-state index is 14.2. The fourth-order valence-electron chi connectivity index (χ4n) is 7.27. The standard InChI is InChI=1S/C31H33N5O5/c37-27(34-10-3-11-34)9-13-33-12-8-20(16-33)35-17-28(38)36-24(31(35)39)15-22-21-4-1-2-5-23(21)32-29(22)30(36)19-6-7-25-26(14-19)41-18-40-25/h1-2,4-7,14,20,24,30,32H,3,8-13,15-18H2/t20-,24-,30-/m1/s1. The van der Waals surface area contributed by atoms with E-state index in [0.717, 1.165) is 60.2 Å². The molecule has 5 aliphatic rings. The number of piperazine rings is 1. The lowest BCUT2D eigenvalue weighted by atomic mass is 9.85. The Morgan fingerprint density at radius 2 is 1.88 bits per heavy atom. The number of fused-ring (bicyclic) bond motifs is 5. The molecule has 10 nitrogen and oxygen atoms in total. The number of benzene rings is 2. The number of H-pyrrole nitrogens is 1. The number of amides is 3. The topological polar surface area (TPSA) is 98.4 Å². The van der Waals surface area contributed by atoms with Gasteiger partial charge in [0.1, 0.15) is 12.6 Å². The normalized spacial score (nSPS) is 25.5. The first-order valence-corrected chi connectivity index (χ1v) is 14.7. The van der Waals surface area contributed by atoms with E-state index < -0.39 is 12.1 Å². The van der Waals surface area contributed by atoms with Crippen LogP contribution in [-0.4, -0.2) is 100 Å². The third-order valence-electron chi connectivity index (χ3n) is 9.54. The summed E-state index contributed by atoms with van der Waals surface area (Å²) in [6.07, 6.45) is 2.89. The van der Waals surface area contributed by atoms with Gasteiger partial charge in [-0.05, 0) is 42.2 Å². The highest BCUT2D eigenvalue weighted by Crippen LogP contribution is 2.45. The number of aromatic nitrogens is 1. The molecule has 3 saturated heterocycles. The molecule has 1 N–H and O–H groups in total. The van der Waals surface area contributed by atoms with Crippen LogP contribution >= 0.6 is 0 Å². The van der Waals surface area contributed by atoms with Crippen molar-refractivity contribution in [3.8, 4) is 11.5 Å². The van der Waals surface area contributed by atoms with Crippen molar-refractivity contribution in [1.82, 2.24) is 24.6 Å². The summed E-state index contributed by atoms with van der Waals surface area (Å²) < 4.78 is 11.2. The van der Waals surface area contributed by atoms with E-state index >= 15 is 0 Å². The lowest BCUT2D eigenvalue weighted by molar-refractivity contribution is -0.160. The maximum Gasteiger partial charge on any atom is 0.246 e. The highest BCUT2D eigenvalue weighted by molar-refractivity contribution is 5.98. The van der Waals surface area contributed by atoms with Crippen LogP contribution in [0.2, 0.25) is 0 Å². The lowest BCUT2D eigenvalue weighted by Crippen LogP contribution is -2.65. The quantitative estimate of drug-likeness (QED) is 0.519. The summed E-state index contributed by atoms with van der Waals surface area (Å²) in [6, 6.07) is 12.9. The minimum absolute atomic E-state index is 0.00906. The SMILES string of the molecule is O=C(CCN1CC[C@@H](N2CC(=O)N3[C@H](c4ccc5c(c4)OCO5)c4[nH]c5ccccc5c4C[C@@H]3C2=O)C1)N1CCC1. The van der Waals surface area contributed by atoms with Crippen LogP contribution in [0, 0.1) is 0 Å². The molecular weight excluding hydrogens is 522 g/mol. The first kappa shape index (κ1) is 24.7. The summed E-state index contributed by atoms with van der Waals surface area (Å²) in [5.41, 5.74) is 3.93.